The zero-order chi connectivity index (χ0) is 14.0. The maximum Gasteiger partial charge on any atom is 0.224 e. The molecule has 19 heavy (non-hydrogen) atoms. The number of nitrogens with zero attached hydrogens (tertiary/aromatic N) is 3. The van der Waals surface area contributed by atoms with Crippen LogP contribution in [-0.4, -0.2) is 21.3 Å². The Bertz CT molecular complexity index is 594. The molecule has 2 rings (SSSR count). The molecule has 3 N–H and O–H groups in total. The fraction of sp³-hybridized carbons (Fsp3) is 0.333. The molecule has 0 atom stereocenters. The Balaban J connectivity index is 2.62. The number of anilines is 2. The topological polar surface area (TPSA) is 68.8 Å². The maximum atomic E-state index is 6.21. The highest BCUT2D eigenvalue weighted by Gasteiger charge is 2.18. The number of hydrogen-bond acceptors (Lipinski definition) is 4. The molecule has 7 heteroatoms. The van der Waals surface area contributed by atoms with Gasteiger partial charge in [0, 0.05) is 13.1 Å². The Kier molecular flexibility index (Phi) is 4.17. The normalized spacial score (nSPS) is 10.7. The molecule has 0 spiro atoms. The van der Waals surface area contributed by atoms with Crippen LogP contribution in [-0.2, 0) is 6.54 Å². The van der Waals surface area contributed by atoms with Crippen molar-refractivity contribution in [3.05, 3.63) is 22.2 Å². The lowest BCUT2D eigenvalue weighted by atomic mass is 10.1. The van der Waals surface area contributed by atoms with Gasteiger partial charge in [-0.3, -0.25) is 4.57 Å². The van der Waals surface area contributed by atoms with Gasteiger partial charge in [0.2, 0.25) is 5.95 Å². The second-order valence-electron chi connectivity index (χ2n) is 3.94. The molecule has 1 aromatic carbocycles. The van der Waals surface area contributed by atoms with Crippen molar-refractivity contribution in [3.63, 3.8) is 0 Å². The van der Waals surface area contributed by atoms with Gasteiger partial charge >= 0.3 is 0 Å². The fourth-order valence-corrected chi connectivity index (χ4v) is 2.28. The van der Waals surface area contributed by atoms with Gasteiger partial charge in [-0.1, -0.05) is 23.2 Å². The third-order valence-electron chi connectivity index (χ3n) is 2.77. The van der Waals surface area contributed by atoms with E-state index in [0.29, 0.717) is 39.6 Å². The Hall–Kier alpha value is -1.46. The molecule has 0 aliphatic heterocycles. The molecular formula is C12H15Cl2N5. The van der Waals surface area contributed by atoms with Crippen molar-refractivity contribution in [1.82, 2.24) is 14.8 Å². The lowest BCUT2D eigenvalue weighted by Crippen LogP contribution is -2.07. The summed E-state index contributed by atoms with van der Waals surface area (Å²) in [5.74, 6) is 1.30. The van der Waals surface area contributed by atoms with Crippen LogP contribution in [0.1, 0.15) is 13.8 Å². The molecule has 2 aromatic rings. The first-order valence-corrected chi connectivity index (χ1v) is 6.76. The van der Waals surface area contributed by atoms with Gasteiger partial charge in [0.05, 0.1) is 21.3 Å². The monoisotopic (exact) mass is 299 g/mol. The van der Waals surface area contributed by atoms with Gasteiger partial charge in [-0.05, 0) is 26.0 Å². The van der Waals surface area contributed by atoms with E-state index in [1.54, 1.807) is 12.1 Å². The van der Waals surface area contributed by atoms with Crippen molar-refractivity contribution in [2.24, 2.45) is 0 Å². The Morgan fingerprint density at radius 2 is 1.89 bits per heavy atom. The van der Waals surface area contributed by atoms with Crippen molar-refractivity contribution in [1.29, 1.82) is 0 Å². The molecule has 0 bridgehead atoms. The minimum absolute atomic E-state index is 0.416. The first-order valence-electron chi connectivity index (χ1n) is 6.01. The van der Waals surface area contributed by atoms with Crippen LogP contribution in [0, 0.1) is 0 Å². The standard InChI is InChI=1S/C12H15Cl2N5/c1-3-16-12-18-17-11(19(12)4-2)9-7(13)5-6-8(14)10(9)15/h5-6H,3-4,15H2,1-2H3,(H,16,18). The smallest absolute Gasteiger partial charge is 0.224 e. The molecular weight excluding hydrogens is 285 g/mol. The summed E-state index contributed by atoms with van der Waals surface area (Å²) in [4.78, 5) is 0. The van der Waals surface area contributed by atoms with Crippen LogP contribution in [0.2, 0.25) is 10.0 Å². The largest absolute Gasteiger partial charge is 0.397 e. The molecule has 0 saturated heterocycles. The number of halogens is 2. The van der Waals surface area contributed by atoms with Crippen molar-refractivity contribution < 1.29 is 0 Å². The van der Waals surface area contributed by atoms with Crippen LogP contribution < -0.4 is 11.1 Å². The van der Waals surface area contributed by atoms with Gasteiger partial charge in [0.25, 0.3) is 0 Å². The van der Waals surface area contributed by atoms with Gasteiger partial charge in [0.15, 0.2) is 5.82 Å². The summed E-state index contributed by atoms with van der Waals surface area (Å²) in [6.07, 6.45) is 0. The molecule has 0 aliphatic rings. The van der Waals surface area contributed by atoms with Gasteiger partial charge in [-0.25, -0.2) is 0 Å². The molecule has 5 nitrogen and oxygen atoms in total. The number of aromatic nitrogens is 3. The lowest BCUT2D eigenvalue weighted by molar-refractivity contribution is 0.770. The number of rotatable bonds is 4. The number of nitrogen functional groups attached to an aromatic ring is 1. The van der Waals surface area contributed by atoms with Gasteiger partial charge in [0.1, 0.15) is 0 Å². The summed E-state index contributed by atoms with van der Waals surface area (Å²) < 4.78 is 1.91. The lowest BCUT2D eigenvalue weighted by Gasteiger charge is -2.11. The van der Waals surface area contributed by atoms with E-state index < -0.39 is 0 Å². The minimum atomic E-state index is 0.416. The first kappa shape index (κ1) is 14.0. The average molecular weight is 300 g/mol. The number of nitrogens with two attached hydrogens (primary N) is 1. The molecule has 1 heterocycles. The molecule has 0 amide bonds. The van der Waals surface area contributed by atoms with E-state index >= 15 is 0 Å². The fourth-order valence-electron chi connectivity index (χ4n) is 1.87. The molecule has 0 fully saturated rings. The van der Waals surface area contributed by atoms with Crippen molar-refractivity contribution >= 4 is 34.8 Å². The van der Waals surface area contributed by atoms with Crippen LogP contribution in [0.3, 0.4) is 0 Å². The van der Waals surface area contributed by atoms with Crippen LogP contribution in [0.25, 0.3) is 11.4 Å². The zero-order valence-electron chi connectivity index (χ0n) is 10.7. The summed E-state index contributed by atoms with van der Waals surface area (Å²) >= 11 is 12.3. The summed E-state index contributed by atoms with van der Waals surface area (Å²) in [5.41, 5.74) is 7.04. The number of benzene rings is 1. The molecule has 0 radical (unpaired) electrons. The van der Waals surface area contributed by atoms with Gasteiger partial charge in [-0.2, -0.15) is 0 Å². The summed E-state index contributed by atoms with van der Waals surface area (Å²) in [7, 11) is 0. The van der Waals surface area contributed by atoms with Crippen LogP contribution in [0.4, 0.5) is 11.6 Å². The number of hydrogen-bond donors (Lipinski definition) is 2. The van der Waals surface area contributed by atoms with Crippen LogP contribution >= 0.6 is 23.2 Å². The average Bonchev–Trinajstić information content (AvgIpc) is 2.78. The predicted octanol–water partition coefficient (Wildman–Crippen LogP) is 3.29. The SMILES string of the molecule is CCNc1nnc(-c2c(Cl)ccc(Cl)c2N)n1CC. The first-order chi connectivity index (χ1) is 9.10. The molecule has 0 unspecified atom stereocenters. The highest BCUT2D eigenvalue weighted by atomic mass is 35.5. The highest BCUT2D eigenvalue weighted by molar-refractivity contribution is 6.37. The molecule has 1 aromatic heterocycles. The zero-order valence-corrected chi connectivity index (χ0v) is 12.3. The second-order valence-corrected chi connectivity index (χ2v) is 4.75. The third kappa shape index (κ3) is 2.48. The molecule has 0 aliphatic carbocycles. The quantitative estimate of drug-likeness (QED) is 0.850. The van der Waals surface area contributed by atoms with E-state index in [4.69, 9.17) is 28.9 Å². The van der Waals surface area contributed by atoms with E-state index in [1.165, 1.54) is 0 Å². The Morgan fingerprint density at radius 1 is 1.21 bits per heavy atom. The third-order valence-corrected chi connectivity index (χ3v) is 3.41. The Labute approximate surface area is 121 Å². The van der Waals surface area contributed by atoms with Crippen molar-refractivity contribution in [2.45, 2.75) is 20.4 Å². The summed E-state index contributed by atoms with van der Waals surface area (Å²) in [5, 5.41) is 12.4. The summed E-state index contributed by atoms with van der Waals surface area (Å²) in [6, 6.07) is 3.37. The summed E-state index contributed by atoms with van der Waals surface area (Å²) in [6.45, 7) is 5.46. The molecule has 0 saturated carbocycles. The minimum Gasteiger partial charge on any atom is -0.397 e. The van der Waals surface area contributed by atoms with Crippen LogP contribution in [0.5, 0.6) is 0 Å². The van der Waals surface area contributed by atoms with Gasteiger partial charge in [-0.15, -0.1) is 10.2 Å². The van der Waals surface area contributed by atoms with E-state index in [-0.39, 0.29) is 0 Å². The molecule has 102 valence electrons. The van der Waals surface area contributed by atoms with Crippen LogP contribution in [0.15, 0.2) is 12.1 Å². The van der Waals surface area contributed by atoms with Crippen molar-refractivity contribution in [2.75, 3.05) is 17.6 Å². The second kappa shape index (κ2) is 5.67. The van der Waals surface area contributed by atoms with E-state index in [0.717, 1.165) is 6.54 Å². The van der Waals surface area contributed by atoms with E-state index in [1.807, 2.05) is 18.4 Å². The maximum absolute atomic E-state index is 6.21. The van der Waals surface area contributed by atoms with Gasteiger partial charge < -0.3 is 11.1 Å². The number of nitrogens with one attached hydrogen (secondary N) is 1. The highest BCUT2D eigenvalue weighted by Crippen LogP contribution is 2.37. The Morgan fingerprint density at radius 3 is 2.53 bits per heavy atom. The van der Waals surface area contributed by atoms with E-state index in [9.17, 15) is 0 Å². The predicted molar refractivity (Wildman–Crippen MR) is 79.7 cm³/mol. The van der Waals surface area contributed by atoms with E-state index in [2.05, 4.69) is 15.5 Å². The van der Waals surface area contributed by atoms with Crippen molar-refractivity contribution in [3.8, 4) is 11.4 Å².